The molecule has 158 valence electrons. The molecule has 0 saturated heterocycles. The summed E-state index contributed by atoms with van der Waals surface area (Å²) in [6, 6.07) is 6.38. The summed E-state index contributed by atoms with van der Waals surface area (Å²) in [4.78, 5) is 15.6. The van der Waals surface area contributed by atoms with Gasteiger partial charge in [0.25, 0.3) is 5.91 Å². The molecule has 1 unspecified atom stereocenters. The van der Waals surface area contributed by atoms with Crippen molar-refractivity contribution in [3.63, 3.8) is 0 Å². The fourth-order valence-corrected chi connectivity index (χ4v) is 3.34. The number of aromatic nitrogens is 5. The van der Waals surface area contributed by atoms with Gasteiger partial charge in [0, 0.05) is 17.1 Å². The highest BCUT2D eigenvalue weighted by molar-refractivity contribution is 5.99. The van der Waals surface area contributed by atoms with Gasteiger partial charge in [0.1, 0.15) is 17.5 Å². The van der Waals surface area contributed by atoms with Crippen LogP contribution in [-0.4, -0.2) is 31.3 Å². The molecule has 8 nitrogen and oxygen atoms in total. The van der Waals surface area contributed by atoms with Crippen LogP contribution >= 0.6 is 0 Å². The highest BCUT2D eigenvalue weighted by Crippen LogP contribution is 2.35. The van der Waals surface area contributed by atoms with Gasteiger partial charge in [0.2, 0.25) is 0 Å². The molecule has 4 N–H and O–H groups in total. The highest BCUT2D eigenvalue weighted by Gasteiger charge is 2.31. The maximum absolute atomic E-state index is 12.9. The van der Waals surface area contributed by atoms with E-state index < -0.39 is 17.8 Å². The summed E-state index contributed by atoms with van der Waals surface area (Å²) in [5.74, 6) is -0.386. The average Bonchev–Trinajstić information content (AvgIpc) is 3.44. The monoisotopic (exact) mass is 427 g/mol. The number of rotatable bonds is 4. The SMILES string of the molecule is Cc1c(-c2n[nH]c3cc(C(F)(F)F)ccc23)c[nH]c1C(=O)NC(C)c1cc(C#N)n[nH]1. The first-order valence-electron chi connectivity index (χ1n) is 9.19. The second-order valence-electron chi connectivity index (χ2n) is 7.05. The van der Waals surface area contributed by atoms with Gasteiger partial charge in [0.05, 0.1) is 22.8 Å². The van der Waals surface area contributed by atoms with Gasteiger partial charge in [-0.2, -0.15) is 28.6 Å². The Labute approximate surface area is 173 Å². The highest BCUT2D eigenvalue weighted by atomic mass is 19.4. The van der Waals surface area contributed by atoms with Gasteiger partial charge in [-0.3, -0.25) is 15.0 Å². The zero-order valence-corrected chi connectivity index (χ0v) is 16.3. The Morgan fingerprint density at radius 1 is 1.23 bits per heavy atom. The number of nitriles is 1. The number of amides is 1. The number of nitrogens with zero attached hydrogens (tertiary/aromatic N) is 3. The third kappa shape index (κ3) is 3.63. The van der Waals surface area contributed by atoms with E-state index in [1.165, 1.54) is 6.07 Å². The van der Waals surface area contributed by atoms with Gasteiger partial charge in [-0.25, -0.2) is 0 Å². The van der Waals surface area contributed by atoms with Crippen molar-refractivity contribution in [2.24, 2.45) is 0 Å². The van der Waals surface area contributed by atoms with Gasteiger partial charge >= 0.3 is 6.18 Å². The standard InChI is InChI=1S/C20H16F3N7O/c1-9-14(18-13-4-3-11(20(21,22)23)5-16(13)29-30-18)8-25-17(9)19(31)26-10(2)15-6-12(7-24)27-28-15/h3-6,8,10,25H,1-2H3,(H,26,31)(H,27,28)(H,29,30). The zero-order chi connectivity index (χ0) is 22.3. The van der Waals surface area contributed by atoms with E-state index >= 15 is 0 Å². The van der Waals surface area contributed by atoms with Crippen LogP contribution in [0.5, 0.6) is 0 Å². The van der Waals surface area contributed by atoms with E-state index in [0.717, 1.165) is 12.1 Å². The maximum Gasteiger partial charge on any atom is 0.416 e. The second kappa shape index (κ2) is 7.32. The maximum atomic E-state index is 12.9. The van der Waals surface area contributed by atoms with Crippen LogP contribution in [0, 0.1) is 18.3 Å². The zero-order valence-electron chi connectivity index (χ0n) is 16.3. The predicted octanol–water partition coefficient (Wildman–Crippen LogP) is 3.97. The molecule has 0 aliphatic heterocycles. The van der Waals surface area contributed by atoms with Crippen LogP contribution in [0.2, 0.25) is 0 Å². The third-order valence-corrected chi connectivity index (χ3v) is 5.04. The predicted molar refractivity (Wildman–Crippen MR) is 105 cm³/mol. The van der Waals surface area contributed by atoms with Crippen LogP contribution in [0.25, 0.3) is 22.2 Å². The molecule has 0 aliphatic carbocycles. The molecular formula is C20H16F3N7O. The van der Waals surface area contributed by atoms with Gasteiger partial charge < -0.3 is 10.3 Å². The Bertz CT molecular complexity index is 1320. The molecule has 31 heavy (non-hydrogen) atoms. The average molecular weight is 427 g/mol. The van der Waals surface area contributed by atoms with Crippen molar-refractivity contribution < 1.29 is 18.0 Å². The van der Waals surface area contributed by atoms with Crippen molar-refractivity contribution in [1.82, 2.24) is 30.7 Å². The first kappa shape index (κ1) is 20.2. The fraction of sp³-hybridized carbons (Fsp3) is 0.200. The molecule has 1 aromatic carbocycles. The molecule has 3 heterocycles. The lowest BCUT2D eigenvalue weighted by Gasteiger charge is -2.11. The molecule has 4 rings (SSSR count). The van der Waals surface area contributed by atoms with Crippen LogP contribution in [0.15, 0.2) is 30.5 Å². The number of H-pyrrole nitrogens is 3. The molecular weight excluding hydrogens is 411 g/mol. The van der Waals surface area contributed by atoms with Crippen LogP contribution in [0.3, 0.4) is 0 Å². The molecule has 0 radical (unpaired) electrons. The lowest BCUT2D eigenvalue weighted by Crippen LogP contribution is -2.27. The molecule has 0 spiro atoms. The largest absolute Gasteiger partial charge is 0.416 e. The molecule has 1 amide bonds. The summed E-state index contributed by atoms with van der Waals surface area (Å²) >= 11 is 0. The number of hydrogen-bond donors (Lipinski definition) is 4. The summed E-state index contributed by atoms with van der Waals surface area (Å²) in [5.41, 5.74) is 2.20. The van der Waals surface area contributed by atoms with Gasteiger partial charge in [-0.05, 0) is 43.7 Å². The molecule has 0 fully saturated rings. The van der Waals surface area contributed by atoms with E-state index in [0.29, 0.717) is 33.6 Å². The van der Waals surface area contributed by atoms with E-state index in [9.17, 15) is 18.0 Å². The Kier molecular flexibility index (Phi) is 4.77. The van der Waals surface area contributed by atoms with E-state index in [4.69, 9.17) is 5.26 Å². The Hall–Kier alpha value is -4.07. The molecule has 1 atom stereocenters. The minimum atomic E-state index is -4.45. The van der Waals surface area contributed by atoms with Crippen LogP contribution in [0.1, 0.15) is 46.0 Å². The number of benzene rings is 1. The van der Waals surface area contributed by atoms with E-state index in [1.54, 1.807) is 26.1 Å². The minimum Gasteiger partial charge on any atom is -0.356 e. The van der Waals surface area contributed by atoms with E-state index in [2.05, 4.69) is 30.7 Å². The van der Waals surface area contributed by atoms with Crippen molar-refractivity contribution in [1.29, 1.82) is 5.26 Å². The lowest BCUT2D eigenvalue weighted by molar-refractivity contribution is -0.137. The van der Waals surface area contributed by atoms with E-state index in [1.807, 2.05) is 6.07 Å². The molecule has 0 saturated carbocycles. The van der Waals surface area contributed by atoms with Crippen LogP contribution in [-0.2, 0) is 6.18 Å². The van der Waals surface area contributed by atoms with Crippen LogP contribution in [0.4, 0.5) is 13.2 Å². The number of alkyl halides is 3. The number of nitrogens with one attached hydrogen (secondary N) is 4. The van der Waals surface area contributed by atoms with Crippen molar-refractivity contribution in [2.45, 2.75) is 26.1 Å². The minimum absolute atomic E-state index is 0.216. The van der Waals surface area contributed by atoms with Gasteiger partial charge in [0.15, 0.2) is 5.69 Å². The Morgan fingerprint density at radius 2 is 2.00 bits per heavy atom. The van der Waals surface area contributed by atoms with Crippen molar-refractivity contribution >= 4 is 16.8 Å². The first-order valence-corrected chi connectivity index (χ1v) is 9.19. The summed E-state index contributed by atoms with van der Waals surface area (Å²) in [7, 11) is 0. The van der Waals surface area contributed by atoms with Gasteiger partial charge in [-0.1, -0.05) is 0 Å². The number of halogens is 3. The van der Waals surface area contributed by atoms with Crippen molar-refractivity contribution in [3.8, 4) is 17.3 Å². The summed E-state index contributed by atoms with van der Waals surface area (Å²) < 4.78 is 38.8. The first-order chi connectivity index (χ1) is 14.7. The fourth-order valence-electron chi connectivity index (χ4n) is 3.34. The Morgan fingerprint density at radius 3 is 2.68 bits per heavy atom. The second-order valence-corrected chi connectivity index (χ2v) is 7.05. The third-order valence-electron chi connectivity index (χ3n) is 5.04. The number of carbonyl (C=O) groups excluding carboxylic acids is 1. The smallest absolute Gasteiger partial charge is 0.356 e. The van der Waals surface area contributed by atoms with Crippen molar-refractivity contribution in [3.05, 3.63) is 58.7 Å². The van der Waals surface area contributed by atoms with Crippen LogP contribution < -0.4 is 5.32 Å². The topological polar surface area (TPSA) is 126 Å². The van der Waals surface area contributed by atoms with E-state index in [-0.39, 0.29) is 17.1 Å². The molecule has 3 aromatic heterocycles. The lowest BCUT2D eigenvalue weighted by atomic mass is 10.0. The van der Waals surface area contributed by atoms with Gasteiger partial charge in [-0.15, -0.1) is 0 Å². The number of carbonyl (C=O) groups is 1. The summed E-state index contributed by atoms with van der Waals surface area (Å²) in [6.45, 7) is 3.46. The quantitative estimate of drug-likeness (QED) is 0.393. The molecule has 11 heteroatoms. The number of aromatic amines is 3. The normalized spacial score (nSPS) is 12.6. The van der Waals surface area contributed by atoms with Crippen molar-refractivity contribution in [2.75, 3.05) is 0 Å². The summed E-state index contributed by atoms with van der Waals surface area (Å²) in [6.07, 6.45) is -2.86. The molecule has 4 aromatic rings. The number of fused-ring (bicyclic) bond motifs is 1. The Balaban J connectivity index is 1.61. The molecule has 0 aliphatic rings. The molecule has 0 bridgehead atoms. The summed E-state index contributed by atoms with van der Waals surface area (Å²) in [5, 5.41) is 25.5. The number of hydrogen-bond acceptors (Lipinski definition) is 4.